The number of hydrogen-bond donors (Lipinski definition) is 0. The Bertz CT molecular complexity index is 1180. The molecule has 0 spiro atoms. The second-order valence-electron chi connectivity index (χ2n) is 6.42. The van der Waals surface area contributed by atoms with Crippen molar-refractivity contribution in [2.75, 3.05) is 19.8 Å². The number of imidazole rings is 1. The minimum atomic E-state index is -3.86. The molecule has 4 rings (SSSR count). The van der Waals surface area contributed by atoms with Gasteiger partial charge in [-0.25, -0.2) is 13.2 Å². The van der Waals surface area contributed by atoms with Crippen molar-refractivity contribution < 1.29 is 17.6 Å². The summed E-state index contributed by atoms with van der Waals surface area (Å²) in [6.07, 6.45) is 0. The van der Waals surface area contributed by atoms with Gasteiger partial charge in [0.15, 0.2) is 0 Å². The van der Waals surface area contributed by atoms with Gasteiger partial charge in [-0.3, -0.25) is 9.13 Å². The van der Waals surface area contributed by atoms with Crippen molar-refractivity contribution >= 4 is 21.1 Å². The number of ether oxygens (including phenoxy) is 1. The van der Waals surface area contributed by atoms with Crippen LogP contribution in [-0.4, -0.2) is 51.8 Å². The molecule has 0 bridgehead atoms. The molecule has 0 radical (unpaired) electrons. The van der Waals surface area contributed by atoms with E-state index in [0.717, 1.165) is 0 Å². The molecule has 0 saturated carbocycles. The lowest BCUT2D eigenvalue weighted by Crippen LogP contribution is -2.43. The lowest BCUT2D eigenvalue weighted by Gasteiger charge is -2.32. The van der Waals surface area contributed by atoms with Gasteiger partial charge in [0, 0.05) is 27.6 Å². The Morgan fingerprint density at radius 1 is 1.15 bits per heavy atom. The molecular weight excluding hydrogens is 374 g/mol. The fourth-order valence-electron chi connectivity index (χ4n) is 3.30. The van der Waals surface area contributed by atoms with Crippen LogP contribution in [0.25, 0.3) is 11.0 Å². The summed E-state index contributed by atoms with van der Waals surface area (Å²) < 4.78 is 41.7. The number of nitrogens with zero attached hydrogens (tertiary/aromatic N) is 5. The zero-order valence-electron chi connectivity index (χ0n) is 15.1. The van der Waals surface area contributed by atoms with Crippen LogP contribution >= 0.6 is 0 Å². The predicted octanol–water partition coefficient (Wildman–Crippen LogP) is 0.331. The maximum Gasteiger partial charge on any atom is 0.328 e. The molecule has 2 aromatic heterocycles. The molecule has 0 N–H and O–H groups in total. The molecule has 1 aliphatic heterocycles. The third-order valence-electron chi connectivity index (χ3n) is 4.76. The number of benzene rings is 1. The highest BCUT2D eigenvalue weighted by atomic mass is 32.2. The molecule has 144 valence electrons. The Morgan fingerprint density at radius 2 is 1.89 bits per heavy atom. The molecule has 10 nitrogen and oxygen atoms in total. The molecule has 3 aromatic rings. The Hall–Kier alpha value is -2.50. The molecule has 1 saturated heterocycles. The van der Waals surface area contributed by atoms with E-state index >= 15 is 0 Å². The first-order chi connectivity index (χ1) is 12.8. The van der Waals surface area contributed by atoms with Crippen molar-refractivity contribution in [3.8, 4) is 0 Å². The van der Waals surface area contributed by atoms with Crippen molar-refractivity contribution in [3.05, 3.63) is 40.5 Å². The van der Waals surface area contributed by atoms with Gasteiger partial charge >= 0.3 is 5.69 Å². The summed E-state index contributed by atoms with van der Waals surface area (Å²) in [6, 6.07) is 3.95. The van der Waals surface area contributed by atoms with E-state index < -0.39 is 16.1 Å². The van der Waals surface area contributed by atoms with Crippen molar-refractivity contribution in [1.82, 2.24) is 23.6 Å². The Balaban J connectivity index is 1.80. The molecule has 3 heterocycles. The second-order valence-corrected chi connectivity index (χ2v) is 8.31. The lowest BCUT2D eigenvalue weighted by molar-refractivity contribution is 0.0221. The van der Waals surface area contributed by atoms with E-state index in [9.17, 15) is 13.2 Å². The Labute approximate surface area is 155 Å². The van der Waals surface area contributed by atoms with Gasteiger partial charge in [-0.2, -0.15) is 4.31 Å². The van der Waals surface area contributed by atoms with Crippen LogP contribution in [0.5, 0.6) is 0 Å². The predicted molar refractivity (Wildman–Crippen MR) is 94.6 cm³/mol. The molecule has 1 aliphatic rings. The highest BCUT2D eigenvalue weighted by Gasteiger charge is 2.38. The number of morpholine rings is 1. The molecule has 11 heteroatoms. The van der Waals surface area contributed by atoms with E-state index in [4.69, 9.17) is 9.15 Å². The summed E-state index contributed by atoms with van der Waals surface area (Å²) in [4.78, 5) is 12.2. The van der Waals surface area contributed by atoms with Crippen molar-refractivity contribution in [3.63, 3.8) is 0 Å². The van der Waals surface area contributed by atoms with Gasteiger partial charge in [0.05, 0.1) is 29.1 Å². The van der Waals surface area contributed by atoms with Gasteiger partial charge in [0.1, 0.15) is 6.04 Å². The monoisotopic (exact) mass is 393 g/mol. The minimum Gasteiger partial charge on any atom is -0.424 e. The third-order valence-corrected chi connectivity index (χ3v) is 6.66. The van der Waals surface area contributed by atoms with Crippen LogP contribution in [0.1, 0.15) is 17.8 Å². The van der Waals surface area contributed by atoms with E-state index in [0.29, 0.717) is 16.9 Å². The SMILES string of the molecule is Cc1nnc([C@@H]2COCCN2S(=O)(=O)c2ccc3c(c2)n(C)c(=O)n3C)o1. The average Bonchev–Trinajstić information content (AvgIpc) is 3.19. The third kappa shape index (κ3) is 2.78. The van der Waals surface area contributed by atoms with Crippen LogP contribution in [-0.2, 0) is 28.9 Å². The Morgan fingerprint density at radius 3 is 2.59 bits per heavy atom. The summed E-state index contributed by atoms with van der Waals surface area (Å²) in [6.45, 7) is 2.21. The van der Waals surface area contributed by atoms with Crippen LogP contribution in [0, 0.1) is 6.92 Å². The van der Waals surface area contributed by atoms with Gasteiger partial charge < -0.3 is 9.15 Å². The number of rotatable bonds is 3. The van der Waals surface area contributed by atoms with Crippen LogP contribution in [0.4, 0.5) is 0 Å². The van der Waals surface area contributed by atoms with Crippen LogP contribution in [0.15, 0.2) is 32.3 Å². The first-order valence-electron chi connectivity index (χ1n) is 8.36. The van der Waals surface area contributed by atoms with E-state index in [2.05, 4.69) is 10.2 Å². The fourth-order valence-corrected chi connectivity index (χ4v) is 4.87. The van der Waals surface area contributed by atoms with Crippen molar-refractivity contribution in [2.45, 2.75) is 17.9 Å². The summed E-state index contributed by atoms with van der Waals surface area (Å²) in [5.74, 6) is 0.553. The molecule has 0 aliphatic carbocycles. The van der Waals surface area contributed by atoms with E-state index in [1.54, 1.807) is 27.1 Å². The molecule has 1 fully saturated rings. The van der Waals surface area contributed by atoms with Gasteiger partial charge in [0.25, 0.3) is 0 Å². The zero-order valence-corrected chi connectivity index (χ0v) is 15.9. The summed E-state index contributed by atoms with van der Waals surface area (Å²) in [7, 11) is -0.602. The van der Waals surface area contributed by atoms with Gasteiger partial charge in [-0.15, -0.1) is 10.2 Å². The quantitative estimate of drug-likeness (QED) is 0.630. The molecule has 27 heavy (non-hydrogen) atoms. The molecule has 0 unspecified atom stereocenters. The smallest absolute Gasteiger partial charge is 0.328 e. The maximum atomic E-state index is 13.3. The van der Waals surface area contributed by atoms with Crippen LogP contribution in [0.3, 0.4) is 0 Å². The van der Waals surface area contributed by atoms with Crippen molar-refractivity contribution in [1.29, 1.82) is 0 Å². The standard InChI is InChI=1S/C16H19N5O5S/c1-10-17-18-15(26-10)14-9-25-7-6-21(14)27(23,24)11-4-5-12-13(8-11)20(3)16(22)19(12)2/h4-5,8,14H,6-7,9H2,1-3H3/t14-/m0/s1. The average molecular weight is 393 g/mol. The first-order valence-corrected chi connectivity index (χ1v) is 9.80. The number of hydrogen-bond acceptors (Lipinski definition) is 7. The van der Waals surface area contributed by atoms with Crippen LogP contribution < -0.4 is 5.69 Å². The Kier molecular flexibility index (Phi) is 4.17. The lowest BCUT2D eigenvalue weighted by atomic mass is 10.3. The van der Waals surface area contributed by atoms with E-state index in [1.807, 2.05) is 0 Å². The molecule has 1 atom stereocenters. The largest absolute Gasteiger partial charge is 0.424 e. The highest BCUT2D eigenvalue weighted by molar-refractivity contribution is 7.89. The summed E-state index contributed by atoms with van der Waals surface area (Å²) in [5.41, 5.74) is 0.986. The van der Waals surface area contributed by atoms with Gasteiger partial charge in [-0.1, -0.05) is 0 Å². The minimum absolute atomic E-state index is 0.0966. The summed E-state index contributed by atoms with van der Waals surface area (Å²) in [5, 5.41) is 7.74. The van der Waals surface area contributed by atoms with Gasteiger partial charge in [0.2, 0.25) is 21.8 Å². The normalized spacial score (nSPS) is 19.0. The zero-order chi connectivity index (χ0) is 19.3. The van der Waals surface area contributed by atoms with E-state index in [1.165, 1.54) is 25.6 Å². The number of fused-ring (bicyclic) bond motifs is 1. The highest BCUT2D eigenvalue weighted by Crippen LogP contribution is 2.30. The molecular formula is C16H19N5O5S. The number of sulfonamides is 1. The second kappa shape index (κ2) is 6.29. The van der Waals surface area contributed by atoms with E-state index in [-0.39, 0.29) is 36.2 Å². The first kappa shape index (κ1) is 17.9. The molecule has 1 aromatic carbocycles. The van der Waals surface area contributed by atoms with Gasteiger partial charge in [-0.05, 0) is 18.2 Å². The fraction of sp³-hybridized carbons (Fsp3) is 0.438. The molecule has 0 amide bonds. The van der Waals surface area contributed by atoms with Crippen molar-refractivity contribution in [2.24, 2.45) is 14.1 Å². The number of aryl methyl sites for hydroxylation is 3. The van der Waals surface area contributed by atoms with Crippen LogP contribution in [0.2, 0.25) is 0 Å². The topological polar surface area (TPSA) is 112 Å². The summed E-state index contributed by atoms with van der Waals surface area (Å²) >= 11 is 0. The maximum absolute atomic E-state index is 13.3. The number of aromatic nitrogens is 4.